The molecule has 1 aliphatic rings. The summed E-state index contributed by atoms with van der Waals surface area (Å²) in [7, 11) is -3.55. The van der Waals surface area contributed by atoms with E-state index in [0.717, 1.165) is 29.7 Å². The van der Waals surface area contributed by atoms with E-state index in [4.69, 9.17) is 0 Å². The molecule has 3 nitrogen and oxygen atoms in total. The minimum atomic E-state index is -3.55. The summed E-state index contributed by atoms with van der Waals surface area (Å²) in [5.74, 6) is 0. The molecule has 4 heteroatoms. The van der Waals surface area contributed by atoms with Crippen molar-refractivity contribution in [1.29, 1.82) is 0 Å². The lowest BCUT2D eigenvalue weighted by molar-refractivity contribution is 0.562. The molecule has 24 heavy (non-hydrogen) atoms. The Labute approximate surface area is 145 Å². The summed E-state index contributed by atoms with van der Waals surface area (Å²) in [6, 6.07) is 15.1. The molecule has 2 aromatic rings. The van der Waals surface area contributed by atoms with Crippen LogP contribution in [-0.4, -0.2) is 14.5 Å². The molecule has 0 N–H and O–H groups in total. The molecule has 0 aliphatic carbocycles. The van der Waals surface area contributed by atoms with Gasteiger partial charge in [-0.3, -0.25) is 4.31 Å². The summed E-state index contributed by atoms with van der Waals surface area (Å²) in [5, 5.41) is 0. The Hall–Kier alpha value is -1.81. The van der Waals surface area contributed by atoms with Crippen LogP contribution in [-0.2, 0) is 21.9 Å². The molecule has 1 aliphatic heterocycles. The monoisotopic (exact) mass is 343 g/mol. The van der Waals surface area contributed by atoms with E-state index in [0.29, 0.717) is 4.90 Å². The lowest BCUT2D eigenvalue weighted by atomic mass is 9.87. The molecule has 0 aromatic heterocycles. The fourth-order valence-electron chi connectivity index (χ4n) is 3.26. The Balaban J connectivity index is 2.05. The Morgan fingerprint density at radius 2 is 1.62 bits per heavy atom. The highest BCUT2D eigenvalue weighted by Gasteiger charge is 2.33. The molecular formula is C20H25NO2S. The fraction of sp³-hybridized carbons (Fsp3) is 0.400. The third kappa shape index (κ3) is 2.95. The van der Waals surface area contributed by atoms with E-state index in [1.54, 1.807) is 16.4 Å². The number of aryl methyl sites for hydroxylation is 1. The molecule has 1 heterocycles. The average molecular weight is 343 g/mol. The second-order valence-corrected chi connectivity index (χ2v) is 9.41. The van der Waals surface area contributed by atoms with E-state index in [2.05, 4.69) is 20.8 Å². The van der Waals surface area contributed by atoms with Gasteiger partial charge in [-0.2, -0.15) is 0 Å². The first-order valence-electron chi connectivity index (χ1n) is 8.44. The maximum absolute atomic E-state index is 13.2. The third-order valence-corrected chi connectivity index (χ3v) is 6.68. The molecule has 1 unspecified atom stereocenters. The Morgan fingerprint density at radius 3 is 2.25 bits per heavy atom. The zero-order valence-electron chi connectivity index (χ0n) is 14.8. The van der Waals surface area contributed by atoms with Gasteiger partial charge in [0.15, 0.2) is 0 Å². The number of para-hydroxylation sites is 1. The highest BCUT2D eigenvalue weighted by atomic mass is 32.2. The Kier molecular flexibility index (Phi) is 4.20. The first-order chi connectivity index (χ1) is 11.2. The van der Waals surface area contributed by atoms with Gasteiger partial charge in [-0.25, -0.2) is 8.42 Å². The van der Waals surface area contributed by atoms with Crippen molar-refractivity contribution in [2.75, 3.05) is 4.31 Å². The van der Waals surface area contributed by atoms with Gasteiger partial charge in [-0.05, 0) is 54.5 Å². The largest absolute Gasteiger partial charge is 0.264 e. The molecule has 0 saturated carbocycles. The molecule has 0 amide bonds. The van der Waals surface area contributed by atoms with Crippen LogP contribution in [0.1, 0.15) is 45.2 Å². The van der Waals surface area contributed by atoms with Crippen LogP contribution in [0.2, 0.25) is 0 Å². The van der Waals surface area contributed by atoms with Gasteiger partial charge in [0.25, 0.3) is 10.0 Å². The van der Waals surface area contributed by atoms with E-state index in [-0.39, 0.29) is 11.5 Å². The van der Waals surface area contributed by atoms with Crippen molar-refractivity contribution in [3.05, 3.63) is 59.7 Å². The van der Waals surface area contributed by atoms with Gasteiger partial charge in [0, 0.05) is 6.04 Å². The van der Waals surface area contributed by atoms with Crippen molar-refractivity contribution in [3.63, 3.8) is 0 Å². The molecule has 0 radical (unpaired) electrons. The van der Waals surface area contributed by atoms with Gasteiger partial charge < -0.3 is 0 Å². The normalized spacial score (nSPS) is 18.3. The third-order valence-electron chi connectivity index (χ3n) is 4.74. The number of hydrogen-bond donors (Lipinski definition) is 0. The second kappa shape index (κ2) is 5.92. The quantitative estimate of drug-likeness (QED) is 0.804. The lowest BCUT2D eigenvalue weighted by Gasteiger charge is -2.36. The highest BCUT2D eigenvalue weighted by Crippen LogP contribution is 2.35. The molecule has 128 valence electrons. The van der Waals surface area contributed by atoms with Crippen molar-refractivity contribution in [2.24, 2.45) is 0 Å². The number of rotatable bonds is 2. The summed E-state index contributed by atoms with van der Waals surface area (Å²) in [6.07, 6.45) is 1.77. The van der Waals surface area contributed by atoms with Crippen LogP contribution in [0.3, 0.4) is 0 Å². The van der Waals surface area contributed by atoms with Gasteiger partial charge in [-0.1, -0.05) is 51.1 Å². The van der Waals surface area contributed by atoms with Gasteiger partial charge in [0.05, 0.1) is 10.6 Å². The number of nitrogens with zero attached hydrogens (tertiary/aromatic N) is 1. The molecule has 0 spiro atoms. The van der Waals surface area contributed by atoms with E-state index < -0.39 is 10.0 Å². The zero-order valence-corrected chi connectivity index (χ0v) is 15.6. The summed E-state index contributed by atoms with van der Waals surface area (Å²) in [4.78, 5) is 0.360. The first-order valence-corrected chi connectivity index (χ1v) is 9.88. The van der Waals surface area contributed by atoms with Crippen LogP contribution in [0.15, 0.2) is 53.4 Å². The average Bonchev–Trinajstić information content (AvgIpc) is 2.53. The van der Waals surface area contributed by atoms with Crippen LogP contribution < -0.4 is 4.31 Å². The lowest BCUT2D eigenvalue weighted by Crippen LogP contribution is -2.42. The van der Waals surface area contributed by atoms with Crippen LogP contribution in [0.4, 0.5) is 5.69 Å². The molecule has 2 aromatic carbocycles. The SMILES string of the molecule is CC1CCc2ccccc2N1S(=O)(=O)c1ccc(C(C)(C)C)cc1. The molecular weight excluding hydrogens is 318 g/mol. The topological polar surface area (TPSA) is 37.4 Å². The van der Waals surface area contributed by atoms with Gasteiger partial charge >= 0.3 is 0 Å². The van der Waals surface area contributed by atoms with Crippen molar-refractivity contribution < 1.29 is 8.42 Å². The van der Waals surface area contributed by atoms with E-state index in [1.165, 1.54) is 0 Å². The number of anilines is 1. The minimum absolute atomic E-state index is 0.00725. The maximum Gasteiger partial charge on any atom is 0.264 e. The zero-order chi connectivity index (χ0) is 17.5. The van der Waals surface area contributed by atoms with E-state index in [9.17, 15) is 8.42 Å². The molecule has 0 fully saturated rings. The van der Waals surface area contributed by atoms with Crippen LogP contribution in [0.5, 0.6) is 0 Å². The minimum Gasteiger partial charge on any atom is -0.263 e. The van der Waals surface area contributed by atoms with Crippen LogP contribution >= 0.6 is 0 Å². The summed E-state index contributed by atoms with van der Waals surface area (Å²) in [5.41, 5.74) is 3.06. The number of sulfonamides is 1. The highest BCUT2D eigenvalue weighted by molar-refractivity contribution is 7.92. The van der Waals surface area contributed by atoms with Crippen molar-refractivity contribution in [1.82, 2.24) is 0 Å². The van der Waals surface area contributed by atoms with Crippen LogP contribution in [0.25, 0.3) is 0 Å². The fourth-order valence-corrected chi connectivity index (χ4v) is 4.99. The molecule has 1 atom stereocenters. The number of fused-ring (bicyclic) bond motifs is 1. The predicted octanol–water partition coefficient (Wildman–Crippen LogP) is 4.51. The Bertz CT molecular complexity index is 833. The summed E-state index contributed by atoms with van der Waals surface area (Å²) >= 11 is 0. The van der Waals surface area contributed by atoms with Crippen molar-refractivity contribution in [2.45, 2.75) is 56.9 Å². The van der Waals surface area contributed by atoms with E-state index >= 15 is 0 Å². The van der Waals surface area contributed by atoms with Gasteiger partial charge in [0.1, 0.15) is 0 Å². The number of hydrogen-bond acceptors (Lipinski definition) is 2. The molecule has 0 saturated heterocycles. The molecule has 0 bridgehead atoms. The first kappa shape index (κ1) is 17.0. The summed E-state index contributed by atoms with van der Waals surface area (Å²) in [6.45, 7) is 8.36. The molecule has 3 rings (SSSR count). The predicted molar refractivity (Wildman–Crippen MR) is 99.0 cm³/mol. The Morgan fingerprint density at radius 1 is 1.00 bits per heavy atom. The van der Waals surface area contributed by atoms with Gasteiger partial charge in [-0.15, -0.1) is 0 Å². The van der Waals surface area contributed by atoms with Crippen molar-refractivity contribution in [3.8, 4) is 0 Å². The van der Waals surface area contributed by atoms with Crippen molar-refractivity contribution >= 4 is 15.7 Å². The smallest absolute Gasteiger partial charge is 0.263 e. The maximum atomic E-state index is 13.2. The van der Waals surface area contributed by atoms with Gasteiger partial charge in [0.2, 0.25) is 0 Å². The number of benzene rings is 2. The van der Waals surface area contributed by atoms with E-state index in [1.807, 2.05) is 43.3 Å². The second-order valence-electron chi connectivity index (χ2n) is 7.59. The van der Waals surface area contributed by atoms with Crippen LogP contribution in [0, 0.1) is 0 Å². The summed E-state index contributed by atoms with van der Waals surface area (Å²) < 4.78 is 28.1. The standard InChI is InChI=1S/C20H25NO2S/c1-15-9-10-16-7-5-6-8-19(16)21(15)24(22,23)18-13-11-17(12-14-18)20(2,3)4/h5-8,11-15H,9-10H2,1-4H3.